The minimum Gasteiger partial charge on any atom is -0.402 e. The second-order valence-corrected chi connectivity index (χ2v) is 12.7. The summed E-state index contributed by atoms with van der Waals surface area (Å²) in [6.07, 6.45) is 5.19. The second-order valence-electron chi connectivity index (χ2n) is 9.59. The fourth-order valence-corrected chi connectivity index (χ4v) is 7.22. The molecule has 0 radical (unpaired) electrons. The molecule has 1 aromatic heterocycles. The molecule has 5 rings (SSSR count). The summed E-state index contributed by atoms with van der Waals surface area (Å²) < 4.78 is 6.82. The van der Waals surface area contributed by atoms with Crippen molar-refractivity contribution in [2.24, 2.45) is 11.7 Å². The number of aromatic nitrogens is 1. The molecule has 0 bridgehead atoms. The first kappa shape index (κ1) is 26.1. The van der Waals surface area contributed by atoms with Crippen molar-refractivity contribution in [3.8, 4) is 0 Å². The predicted octanol–water partition coefficient (Wildman–Crippen LogP) is 5.14. The molecule has 10 heteroatoms. The lowest BCUT2D eigenvalue weighted by Gasteiger charge is -2.33. The van der Waals surface area contributed by atoms with Gasteiger partial charge in [0.25, 0.3) is 0 Å². The van der Waals surface area contributed by atoms with Crippen molar-refractivity contribution in [1.82, 2.24) is 15.2 Å². The van der Waals surface area contributed by atoms with Gasteiger partial charge < -0.3 is 15.8 Å². The summed E-state index contributed by atoms with van der Waals surface area (Å²) in [4.78, 5) is 21.0. The van der Waals surface area contributed by atoms with E-state index in [2.05, 4.69) is 23.2 Å². The number of amides is 1. The molecule has 1 aromatic carbocycles. The number of aryl methyl sites for hydroxylation is 1. The number of carbonyl (C=O) groups is 1. The first-order valence-electron chi connectivity index (χ1n) is 12.2. The number of hydrogen-bond acceptors (Lipinski definition) is 7. The SMILES string of the molecule is CC1CC2=C(C=C1N)c1nc(SCC(=O)NC[C@H]3CN(Cc4ccc(Cl)c(Cl)c4)CCO3)sc1CC2. The van der Waals surface area contributed by atoms with E-state index in [0.29, 0.717) is 34.9 Å². The summed E-state index contributed by atoms with van der Waals surface area (Å²) in [6.45, 7) is 5.67. The summed E-state index contributed by atoms with van der Waals surface area (Å²) >= 11 is 15.4. The predicted molar refractivity (Wildman–Crippen MR) is 149 cm³/mol. The number of nitrogens with two attached hydrogens (primary N) is 1. The maximum atomic E-state index is 12.6. The van der Waals surface area contributed by atoms with Crippen LogP contribution in [0, 0.1) is 5.92 Å². The van der Waals surface area contributed by atoms with Gasteiger partial charge in [0, 0.05) is 42.3 Å². The number of thioether (sulfide) groups is 1. The minimum atomic E-state index is -0.0426. The van der Waals surface area contributed by atoms with Gasteiger partial charge in [0.05, 0.1) is 34.2 Å². The number of ether oxygens (including phenoxy) is 1. The quantitative estimate of drug-likeness (QED) is 0.453. The van der Waals surface area contributed by atoms with E-state index in [4.69, 9.17) is 38.7 Å². The molecule has 0 spiro atoms. The van der Waals surface area contributed by atoms with E-state index < -0.39 is 0 Å². The molecule has 192 valence electrons. The molecule has 6 nitrogen and oxygen atoms in total. The van der Waals surface area contributed by atoms with Gasteiger partial charge in [0.15, 0.2) is 4.34 Å². The number of benzene rings is 1. The van der Waals surface area contributed by atoms with Gasteiger partial charge in [-0.3, -0.25) is 9.69 Å². The molecule has 1 aliphatic heterocycles. The molecule has 2 aromatic rings. The molecule has 36 heavy (non-hydrogen) atoms. The van der Waals surface area contributed by atoms with Crippen LogP contribution in [0.4, 0.5) is 0 Å². The Morgan fingerprint density at radius 1 is 1.33 bits per heavy atom. The van der Waals surface area contributed by atoms with Crippen LogP contribution in [0.1, 0.15) is 35.9 Å². The number of nitrogens with zero attached hydrogens (tertiary/aromatic N) is 2. The molecule has 2 atom stereocenters. The standard InChI is InChI=1S/C26H30Cl2N4O2S2/c1-15-8-17-3-5-23-25(19(17)10-22(15)29)31-26(36-23)35-14-24(33)30-11-18-13-32(6-7-34-18)12-16-2-4-20(27)21(28)9-16/h2,4,9-10,15,18H,3,5-8,11-14,29H2,1H3,(H,30,33)/t15?,18-/m0/s1. The van der Waals surface area contributed by atoms with E-state index in [-0.39, 0.29) is 12.0 Å². The van der Waals surface area contributed by atoms with Crippen LogP contribution >= 0.6 is 46.3 Å². The summed E-state index contributed by atoms with van der Waals surface area (Å²) in [7, 11) is 0. The summed E-state index contributed by atoms with van der Waals surface area (Å²) in [5.41, 5.74) is 12.0. The van der Waals surface area contributed by atoms with Gasteiger partial charge in [-0.1, -0.05) is 53.5 Å². The zero-order valence-corrected chi connectivity index (χ0v) is 23.3. The van der Waals surface area contributed by atoms with Gasteiger partial charge in [-0.25, -0.2) is 4.98 Å². The average Bonchev–Trinajstić information content (AvgIpc) is 3.29. The van der Waals surface area contributed by atoms with Crippen LogP contribution in [-0.4, -0.2) is 53.9 Å². The van der Waals surface area contributed by atoms with Crippen molar-refractivity contribution in [2.75, 3.05) is 32.0 Å². The van der Waals surface area contributed by atoms with E-state index in [1.165, 1.54) is 27.8 Å². The number of carbonyl (C=O) groups excluding carboxylic acids is 1. The molecular weight excluding hydrogens is 535 g/mol. The van der Waals surface area contributed by atoms with Crippen LogP contribution in [0.5, 0.6) is 0 Å². The average molecular weight is 566 g/mol. The minimum absolute atomic E-state index is 0.00563. The van der Waals surface area contributed by atoms with Crippen LogP contribution in [-0.2, 0) is 22.5 Å². The normalized spacial score (nSPS) is 22.1. The monoisotopic (exact) mass is 564 g/mol. The van der Waals surface area contributed by atoms with E-state index in [1.54, 1.807) is 11.3 Å². The Balaban J connectivity index is 1.09. The Labute approximate surface area is 230 Å². The third kappa shape index (κ3) is 6.11. The summed E-state index contributed by atoms with van der Waals surface area (Å²) in [5, 5.41) is 4.16. The van der Waals surface area contributed by atoms with Crippen molar-refractivity contribution in [2.45, 2.75) is 43.2 Å². The number of fused-ring (bicyclic) bond motifs is 2. The highest BCUT2D eigenvalue weighted by Crippen LogP contribution is 2.43. The third-order valence-corrected chi connectivity index (χ3v) is 9.86. The van der Waals surface area contributed by atoms with Gasteiger partial charge >= 0.3 is 0 Å². The molecule has 0 saturated carbocycles. The molecule has 1 amide bonds. The highest BCUT2D eigenvalue weighted by molar-refractivity contribution is 8.01. The number of rotatable bonds is 7. The van der Waals surface area contributed by atoms with Crippen LogP contribution in [0.15, 0.2) is 39.9 Å². The topological polar surface area (TPSA) is 80.5 Å². The number of allylic oxidation sites excluding steroid dienone is 4. The smallest absolute Gasteiger partial charge is 0.230 e. The van der Waals surface area contributed by atoms with E-state index in [1.807, 2.05) is 18.2 Å². The number of nitrogens with one attached hydrogen (secondary N) is 1. The molecule has 3 N–H and O–H groups in total. The number of thiazole rings is 1. The van der Waals surface area contributed by atoms with Gasteiger partial charge in [-0.2, -0.15) is 0 Å². The number of halogens is 2. The van der Waals surface area contributed by atoms with Crippen molar-refractivity contribution < 1.29 is 9.53 Å². The highest BCUT2D eigenvalue weighted by atomic mass is 35.5. The maximum absolute atomic E-state index is 12.6. The first-order chi connectivity index (χ1) is 17.4. The second kappa shape index (κ2) is 11.5. The molecular formula is C26H30Cl2N4O2S2. The number of hydrogen-bond donors (Lipinski definition) is 2. The molecule has 1 unspecified atom stereocenters. The lowest BCUT2D eigenvalue weighted by molar-refractivity contribution is -0.119. The summed E-state index contributed by atoms with van der Waals surface area (Å²) in [5.74, 6) is 0.735. The third-order valence-electron chi connectivity index (χ3n) is 6.87. The zero-order chi connectivity index (χ0) is 25.2. The lowest BCUT2D eigenvalue weighted by atomic mass is 9.82. The fraction of sp³-hybridized carbons (Fsp3) is 0.462. The van der Waals surface area contributed by atoms with Gasteiger partial charge in [0.1, 0.15) is 0 Å². The zero-order valence-electron chi connectivity index (χ0n) is 20.2. The van der Waals surface area contributed by atoms with E-state index in [0.717, 1.165) is 60.2 Å². The molecule has 1 fully saturated rings. The Kier molecular flexibility index (Phi) is 8.30. The van der Waals surface area contributed by atoms with Gasteiger partial charge in [-0.15, -0.1) is 11.3 Å². The lowest BCUT2D eigenvalue weighted by Crippen LogP contribution is -2.47. The van der Waals surface area contributed by atoms with Crippen molar-refractivity contribution in [1.29, 1.82) is 0 Å². The highest BCUT2D eigenvalue weighted by Gasteiger charge is 2.27. The van der Waals surface area contributed by atoms with Crippen molar-refractivity contribution in [3.05, 3.63) is 61.7 Å². The van der Waals surface area contributed by atoms with Crippen molar-refractivity contribution >= 4 is 57.8 Å². The van der Waals surface area contributed by atoms with Crippen LogP contribution in [0.2, 0.25) is 10.0 Å². The fourth-order valence-electron chi connectivity index (χ4n) is 4.87. The van der Waals surface area contributed by atoms with E-state index >= 15 is 0 Å². The number of morpholine rings is 1. The maximum Gasteiger partial charge on any atom is 0.230 e. The Morgan fingerprint density at radius 2 is 2.19 bits per heavy atom. The largest absolute Gasteiger partial charge is 0.402 e. The first-order valence-corrected chi connectivity index (χ1v) is 14.8. The Hall–Kier alpha value is -1.55. The van der Waals surface area contributed by atoms with Gasteiger partial charge in [0.2, 0.25) is 5.91 Å². The molecule has 3 aliphatic rings. The molecule has 1 saturated heterocycles. The van der Waals surface area contributed by atoms with Crippen LogP contribution in [0.3, 0.4) is 0 Å². The van der Waals surface area contributed by atoms with E-state index in [9.17, 15) is 4.79 Å². The van der Waals surface area contributed by atoms with Crippen LogP contribution in [0.25, 0.3) is 5.57 Å². The molecule has 2 aliphatic carbocycles. The Bertz CT molecular complexity index is 1210. The Morgan fingerprint density at radius 3 is 3.03 bits per heavy atom. The molecule has 2 heterocycles. The van der Waals surface area contributed by atoms with Gasteiger partial charge in [-0.05, 0) is 49.0 Å². The summed E-state index contributed by atoms with van der Waals surface area (Å²) in [6, 6.07) is 5.72. The van der Waals surface area contributed by atoms with Crippen LogP contribution < -0.4 is 11.1 Å². The van der Waals surface area contributed by atoms with Crippen molar-refractivity contribution in [3.63, 3.8) is 0 Å².